The molecule has 0 bridgehead atoms. The molecule has 2 fully saturated rings. The van der Waals surface area contributed by atoms with Gasteiger partial charge in [0, 0.05) is 18.1 Å². The summed E-state index contributed by atoms with van der Waals surface area (Å²) < 4.78 is 0. The molecule has 1 aliphatic carbocycles. The summed E-state index contributed by atoms with van der Waals surface area (Å²) in [7, 11) is 0. The molecule has 0 aromatic heterocycles. The lowest BCUT2D eigenvalue weighted by Crippen LogP contribution is -2.44. The Labute approximate surface area is 66.4 Å². The largest absolute Gasteiger partial charge is 0.396 e. The third kappa shape index (κ3) is 1.17. The second kappa shape index (κ2) is 2.44. The van der Waals surface area contributed by atoms with Crippen molar-refractivity contribution >= 4 is 0 Å². The van der Waals surface area contributed by atoms with Gasteiger partial charge < -0.3 is 15.5 Å². The smallest absolute Gasteiger partial charge is 0.0570 e. The monoisotopic (exact) mass is 157 g/mol. The molecule has 0 radical (unpaired) electrons. The Morgan fingerprint density at radius 2 is 2.27 bits per heavy atom. The predicted octanol–water partition coefficient (Wildman–Crippen LogP) is -0.518. The van der Waals surface area contributed by atoms with Gasteiger partial charge in [-0.25, -0.2) is 0 Å². The molecule has 3 unspecified atom stereocenters. The Bertz CT molecular complexity index is 162. The predicted molar refractivity (Wildman–Crippen MR) is 41.2 cm³/mol. The first kappa shape index (κ1) is 7.53. The highest BCUT2D eigenvalue weighted by Gasteiger charge is 2.55. The van der Waals surface area contributed by atoms with Crippen LogP contribution in [0.3, 0.4) is 0 Å². The second-order valence-electron chi connectivity index (χ2n) is 3.81. The van der Waals surface area contributed by atoms with Crippen LogP contribution in [0.1, 0.15) is 19.3 Å². The molecule has 1 spiro atoms. The highest BCUT2D eigenvalue weighted by atomic mass is 16.3. The van der Waals surface area contributed by atoms with E-state index < -0.39 is 0 Å². The van der Waals surface area contributed by atoms with Crippen LogP contribution in [0.4, 0.5) is 0 Å². The van der Waals surface area contributed by atoms with Crippen LogP contribution in [0.25, 0.3) is 0 Å². The van der Waals surface area contributed by atoms with Crippen molar-refractivity contribution < 1.29 is 10.2 Å². The van der Waals surface area contributed by atoms with Gasteiger partial charge in [-0.05, 0) is 25.8 Å². The number of hydrogen-bond acceptors (Lipinski definition) is 3. The minimum Gasteiger partial charge on any atom is -0.396 e. The minimum absolute atomic E-state index is 0.117. The van der Waals surface area contributed by atoms with E-state index in [4.69, 9.17) is 5.11 Å². The van der Waals surface area contributed by atoms with Gasteiger partial charge in [-0.1, -0.05) is 0 Å². The van der Waals surface area contributed by atoms with Crippen LogP contribution < -0.4 is 5.32 Å². The van der Waals surface area contributed by atoms with Gasteiger partial charge in [0.05, 0.1) is 6.10 Å². The fraction of sp³-hybridized carbons (Fsp3) is 1.00. The molecule has 1 saturated heterocycles. The third-order valence-corrected chi connectivity index (χ3v) is 3.01. The summed E-state index contributed by atoms with van der Waals surface area (Å²) in [6, 6.07) is 0. The van der Waals surface area contributed by atoms with Gasteiger partial charge >= 0.3 is 0 Å². The lowest BCUT2D eigenvalue weighted by molar-refractivity contribution is 0.101. The molecule has 64 valence electrons. The number of aliphatic hydroxyl groups excluding tert-OH is 2. The molecular formula is C8H15NO2. The number of nitrogens with one attached hydrogen (secondary N) is 1. The average Bonchev–Trinajstić information content (AvgIpc) is 2.63. The Hall–Kier alpha value is -0.120. The molecule has 2 aliphatic rings. The van der Waals surface area contributed by atoms with Crippen LogP contribution in [0, 0.1) is 5.92 Å². The fourth-order valence-electron chi connectivity index (χ4n) is 2.17. The van der Waals surface area contributed by atoms with E-state index in [9.17, 15) is 5.11 Å². The van der Waals surface area contributed by atoms with E-state index in [1.807, 2.05) is 0 Å². The van der Waals surface area contributed by atoms with Crippen molar-refractivity contribution in [2.24, 2.45) is 5.92 Å². The van der Waals surface area contributed by atoms with Gasteiger partial charge in [-0.3, -0.25) is 0 Å². The molecule has 0 aromatic carbocycles. The molecule has 1 saturated carbocycles. The Kier molecular flexibility index (Phi) is 1.67. The van der Waals surface area contributed by atoms with Crippen LogP contribution in [0.5, 0.6) is 0 Å². The molecule has 3 N–H and O–H groups in total. The van der Waals surface area contributed by atoms with Crippen molar-refractivity contribution in [3.8, 4) is 0 Å². The van der Waals surface area contributed by atoms with Crippen LogP contribution in [0.2, 0.25) is 0 Å². The van der Waals surface area contributed by atoms with Crippen LogP contribution in [0.15, 0.2) is 0 Å². The molecule has 1 heterocycles. The van der Waals surface area contributed by atoms with Crippen molar-refractivity contribution in [2.45, 2.75) is 30.9 Å². The molecule has 0 aromatic rings. The molecule has 11 heavy (non-hydrogen) atoms. The quantitative estimate of drug-likeness (QED) is 0.480. The van der Waals surface area contributed by atoms with Crippen LogP contribution in [-0.2, 0) is 0 Å². The SMILES string of the molecule is OCC1CC12CC(O)CCN2. The molecule has 3 nitrogen and oxygen atoms in total. The molecule has 2 rings (SSSR count). The van der Waals surface area contributed by atoms with Crippen molar-refractivity contribution in [3.63, 3.8) is 0 Å². The third-order valence-electron chi connectivity index (χ3n) is 3.01. The van der Waals surface area contributed by atoms with Gasteiger partial charge in [0.1, 0.15) is 0 Å². The first-order chi connectivity index (χ1) is 5.27. The van der Waals surface area contributed by atoms with E-state index in [0.29, 0.717) is 5.92 Å². The van der Waals surface area contributed by atoms with E-state index >= 15 is 0 Å². The van der Waals surface area contributed by atoms with Gasteiger partial charge in [-0.15, -0.1) is 0 Å². The zero-order valence-corrected chi connectivity index (χ0v) is 6.58. The number of piperidine rings is 1. The van der Waals surface area contributed by atoms with Gasteiger partial charge in [0.15, 0.2) is 0 Å². The first-order valence-electron chi connectivity index (χ1n) is 4.31. The zero-order chi connectivity index (χ0) is 7.90. The van der Waals surface area contributed by atoms with E-state index in [-0.39, 0.29) is 18.2 Å². The maximum absolute atomic E-state index is 9.38. The minimum atomic E-state index is -0.146. The molecule has 3 heteroatoms. The van der Waals surface area contributed by atoms with Crippen molar-refractivity contribution in [2.75, 3.05) is 13.2 Å². The van der Waals surface area contributed by atoms with E-state index in [0.717, 1.165) is 25.8 Å². The highest BCUT2D eigenvalue weighted by Crippen LogP contribution is 2.48. The van der Waals surface area contributed by atoms with E-state index in [2.05, 4.69) is 5.32 Å². The van der Waals surface area contributed by atoms with E-state index in [1.165, 1.54) is 0 Å². The Morgan fingerprint density at radius 3 is 2.82 bits per heavy atom. The molecule has 0 amide bonds. The lowest BCUT2D eigenvalue weighted by atomic mass is 9.98. The van der Waals surface area contributed by atoms with Crippen molar-refractivity contribution in [1.29, 1.82) is 0 Å². The number of rotatable bonds is 1. The molecule has 1 aliphatic heterocycles. The average molecular weight is 157 g/mol. The summed E-state index contributed by atoms with van der Waals surface area (Å²) in [6.45, 7) is 1.16. The Balaban J connectivity index is 1.95. The van der Waals surface area contributed by atoms with Crippen molar-refractivity contribution in [1.82, 2.24) is 5.32 Å². The summed E-state index contributed by atoms with van der Waals surface area (Å²) in [4.78, 5) is 0. The van der Waals surface area contributed by atoms with E-state index in [1.54, 1.807) is 0 Å². The first-order valence-corrected chi connectivity index (χ1v) is 4.31. The standard InChI is InChI=1S/C8H15NO2/c10-5-6-3-8(6)4-7(11)1-2-9-8/h6-7,9-11H,1-5H2. The fourth-order valence-corrected chi connectivity index (χ4v) is 2.17. The summed E-state index contributed by atoms with van der Waals surface area (Å²) in [6.07, 6.45) is 2.59. The summed E-state index contributed by atoms with van der Waals surface area (Å²) >= 11 is 0. The number of hydrogen-bond donors (Lipinski definition) is 3. The van der Waals surface area contributed by atoms with Crippen molar-refractivity contribution in [3.05, 3.63) is 0 Å². The maximum Gasteiger partial charge on any atom is 0.0570 e. The van der Waals surface area contributed by atoms with Gasteiger partial charge in [0.25, 0.3) is 0 Å². The maximum atomic E-state index is 9.38. The summed E-state index contributed by atoms with van der Waals surface area (Å²) in [5, 5.41) is 21.6. The molecular weight excluding hydrogens is 142 g/mol. The molecule has 3 atom stereocenters. The topological polar surface area (TPSA) is 52.5 Å². The van der Waals surface area contributed by atoms with Crippen LogP contribution >= 0.6 is 0 Å². The Morgan fingerprint density at radius 1 is 1.45 bits per heavy atom. The normalized spacial score (nSPS) is 49.6. The van der Waals surface area contributed by atoms with Gasteiger partial charge in [0.2, 0.25) is 0 Å². The second-order valence-corrected chi connectivity index (χ2v) is 3.81. The lowest BCUT2D eigenvalue weighted by Gasteiger charge is -2.28. The van der Waals surface area contributed by atoms with Gasteiger partial charge in [-0.2, -0.15) is 0 Å². The van der Waals surface area contributed by atoms with Crippen LogP contribution in [-0.4, -0.2) is 35.0 Å². The summed E-state index contributed by atoms with van der Waals surface area (Å²) in [5.41, 5.74) is 0.117. The zero-order valence-electron chi connectivity index (χ0n) is 6.58. The number of aliphatic hydroxyl groups is 2. The summed E-state index contributed by atoms with van der Waals surface area (Å²) in [5.74, 6) is 0.400. The highest BCUT2D eigenvalue weighted by molar-refractivity contribution is 5.12.